The van der Waals surface area contributed by atoms with Crippen LogP contribution in [0, 0.1) is 5.82 Å². The number of halogens is 1. The molecule has 0 radical (unpaired) electrons. The lowest BCUT2D eigenvalue weighted by atomic mass is 9.99. The fourth-order valence-corrected chi connectivity index (χ4v) is 4.67. The molecule has 0 unspecified atom stereocenters. The molecule has 1 amide bonds. The lowest BCUT2D eigenvalue weighted by molar-refractivity contribution is 0.102. The number of nitrogens with one attached hydrogen (secondary N) is 2. The SMILES string of the molecule is O=C(Nc1ccc(N2CCC(NC3(c4ccccc4)CC3)CC2)cc1)c1ccccc1F. The summed E-state index contributed by atoms with van der Waals surface area (Å²) in [5, 5.41) is 6.72. The van der Waals surface area contributed by atoms with Crippen LogP contribution in [0.25, 0.3) is 0 Å². The molecule has 4 nitrogen and oxygen atoms in total. The van der Waals surface area contributed by atoms with Gasteiger partial charge in [-0.25, -0.2) is 4.39 Å². The number of hydrogen-bond acceptors (Lipinski definition) is 3. The molecule has 164 valence electrons. The van der Waals surface area contributed by atoms with Crippen molar-refractivity contribution in [2.24, 2.45) is 0 Å². The number of benzene rings is 3. The van der Waals surface area contributed by atoms with Crippen molar-refractivity contribution in [3.63, 3.8) is 0 Å². The molecule has 3 aromatic rings. The van der Waals surface area contributed by atoms with Gasteiger partial charge in [0.05, 0.1) is 5.56 Å². The summed E-state index contributed by atoms with van der Waals surface area (Å²) in [5.74, 6) is -0.950. The van der Waals surface area contributed by atoms with Crippen molar-refractivity contribution in [2.75, 3.05) is 23.3 Å². The van der Waals surface area contributed by atoms with Gasteiger partial charge in [0.2, 0.25) is 0 Å². The van der Waals surface area contributed by atoms with Gasteiger partial charge in [-0.2, -0.15) is 0 Å². The number of hydrogen-bond donors (Lipinski definition) is 2. The minimum absolute atomic E-state index is 0.0510. The van der Waals surface area contributed by atoms with E-state index in [0.717, 1.165) is 31.6 Å². The molecule has 1 heterocycles. The van der Waals surface area contributed by atoms with Crippen molar-refractivity contribution in [3.05, 3.63) is 95.8 Å². The number of carbonyl (C=O) groups is 1. The molecule has 1 saturated heterocycles. The molecule has 32 heavy (non-hydrogen) atoms. The van der Waals surface area contributed by atoms with Gasteiger partial charge in [0.25, 0.3) is 5.91 Å². The third-order valence-electron chi connectivity index (χ3n) is 6.66. The van der Waals surface area contributed by atoms with Crippen molar-refractivity contribution >= 4 is 17.3 Å². The van der Waals surface area contributed by atoms with Gasteiger partial charge in [-0.1, -0.05) is 42.5 Å². The van der Waals surface area contributed by atoms with Crippen LogP contribution in [0.4, 0.5) is 15.8 Å². The molecule has 0 aromatic heterocycles. The topological polar surface area (TPSA) is 44.4 Å². The number of anilines is 2. The fourth-order valence-electron chi connectivity index (χ4n) is 4.67. The Balaban J connectivity index is 1.15. The number of piperidine rings is 1. The first-order valence-electron chi connectivity index (χ1n) is 11.4. The first-order chi connectivity index (χ1) is 15.6. The van der Waals surface area contributed by atoms with Crippen LogP contribution in [0.15, 0.2) is 78.9 Å². The number of rotatable bonds is 6. The van der Waals surface area contributed by atoms with Crippen LogP contribution in [0.5, 0.6) is 0 Å². The first-order valence-corrected chi connectivity index (χ1v) is 11.4. The first kappa shape index (κ1) is 20.7. The minimum atomic E-state index is -0.515. The van der Waals surface area contributed by atoms with Crippen LogP contribution in [0.2, 0.25) is 0 Å². The van der Waals surface area contributed by atoms with E-state index in [1.807, 2.05) is 24.3 Å². The highest BCUT2D eigenvalue weighted by Crippen LogP contribution is 2.46. The molecule has 0 atom stereocenters. The molecular formula is C27H28FN3O. The molecule has 1 saturated carbocycles. The smallest absolute Gasteiger partial charge is 0.258 e. The van der Waals surface area contributed by atoms with E-state index >= 15 is 0 Å². The summed E-state index contributed by atoms with van der Waals surface area (Å²) in [7, 11) is 0. The van der Waals surface area contributed by atoms with Gasteiger partial charge in [0.1, 0.15) is 5.82 Å². The molecule has 0 bridgehead atoms. The summed E-state index contributed by atoms with van der Waals surface area (Å²) in [6.45, 7) is 2.01. The average molecular weight is 430 g/mol. The molecule has 5 rings (SSSR count). The highest BCUT2D eigenvalue weighted by Gasteiger charge is 2.45. The lowest BCUT2D eigenvalue weighted by Gasteiger charge is -2.36. The van der Waals surface area contributed by atoms with Crippen LogP contribution in [0.1, 0.15) is 41.6 Å². The van der Waals surface area contributed by atoms with Gasteiger partial charge >= 0.3 is 0 Å². The maximum absolute atomic E-state index is 13.8. The van der Waals surface area contributed by atoms with Crippen molar-refractivity contribution in [1.29, 1.82) is 0 Å². The highest BCUT2D eigenvalue weighted by molar-refractivity contribution is 6.04. The zero-order chi connectivity index (χ0) is 22.0. The second-order valence-electron chi connectivity index (χ2n) is 8.83. The summed E-state index contributed by atoms with van der Waals surface area (Å²) < 4.78 is 13.8. The molecule has 1 aliphatic heterocycles. The second-order valence-corrected chi connectivity index (χ2v) is 8.83. The Morgan fingerprint density at radius 3 is 2.19 bits per heavy atom. The molecule has 3 aromatic carbocycles. The van der Waals surface area contributed by atoms with Crippen LogP contribution in [-0.2, 0) is 5.54 Å². The second kappa shape index (κ2) is 8.75. The Morgan fingerprint density at radius 2 is 1.53 bits per heavy atom. The molecule has 2 aliphatic rings. The maximum Gasteiger partial charge on any atom is 0.258 e. The number of nitrogens with zero attached hydrogens (tertiary/aromatic N) is 1. The normalized spacial score (nSPS) is 17.7. The summed E-state index contributed by atoms with van der Waals surface area (Å²) in [5.41, 5.74) is 3.46. The van der Waals surface area contributed by atoms with Gasteiger partial charge < -0.3 is 15.5 Å². The maximum atomic E-state index is 13.8. The number of amides is 1. The summed E-state index contributed by atoms with van der Waals surface area (Å²) in [4.78, 5) is 14.7. The summed E-state index contributed by atoms with van der Waals surface area (Å²) >= 11 is 0. The third kappa shape index (κ3) is 4.39. The predicted molar refractivity (Wildman–Crippen MR) is 127 cm³/mol. The zero-order valence-corrected chi connectivity index (χ0v) is 18.1. The lowest BCUT2D eigenvalue weighted by Crippen LogP contribution is -2.46. The number of carbonyl (C=O) groups excluding carboxylic acids is 1. The van der Waals surface area contributed by atoms with E-state index in [9.17, 15) is 9.18 Å². The largest absolute Gasteiger partial charge is 0.371 e. The Hall–Kier alpha value is -3.18. The predicted octanol–water partition coefficient (Wildman–Crippen LogP) is 5.33. The van der Waals surface area contributed by atoms with E-state index in [4.69, 9.17) is 0 Å². The fraction of sp³-hybridized carbons (Fsp3) is 0.296. The van der Waals surface area contributed by atoms with Crippen LogP contribution < -0.4 is 15.5 Å². The van der Waals surface area contributed by atoms with Crippen molar-refractivity contribution in [1.82, 2.24) is 5.32 Å². The monoisotopic (exact) mass is 429 g/mol. The van der Waals surface area contributed by atoms with E-state index in [2.05, 4.69) is 45.9 Å². The molecule has 0 spiro atoms. The van der Waals surface area contributed by atoms with Gasteiger partial charge in [0, 0.05) is 36.0 Å². The van der Waals surface area contributed by atoms with Crippen LogP contribution >= 0.6 is 0 Å². The van der Waals surface area contributed by atoms with Crippen molar-refractivity contribution in [3.8, 4) is 0 Å². The highest BCUT2D eigenvalue weighted by atomic mass is 19.1. The van der Waals surface area contributed by atoms with Gasteiger partial charge in [-0.15, -0.1) is 0 Å². The van der Waals surface area contributed by atoms with E-state index in [1.54, 1.807) is 12.1 Å². The van der Waals surface area contributed by atoms with E-state index in [1.165, 1.54) is 30.5 Å². The zero-order valence-electron chi connectivity index (χ0n) is 18.1. The van der Waals surface area contributed by atoms with E-state index < -0.39 is 11.7 Å². The molecule has 5 heteroatoms. The van der Waals surface area contributed by atoms with Gasteiger partial charge in [-0.05, 0) is 67.6 Å². The standard InChI is InChI=1S/C27H28FN3O/c28-25-9-5-4-8-24(25)26(32)29-21-10-12-23(13-11-21)31-18-14-22(15-19-31)30-27(16-17-27)20-6-2-1-3-7-20/h1-13,22,30H,14-19H2,(H,29,32). The average Bonchev–Trinajstić information content (AvgIpc) is 3.62. The Bertz CT molecular complexity index is 1070. The van der Waals surface area contributed by atoms with Crippen LogP contribution in [-0.4, -0.2) is 25.0 Å². The Morgan fingerprint density at radius 1 is 0.875 bits per heavy atom. The quantitative estimate of drug-likeness (QED) is 0.557. The molecule has 1 aliphatic carbocycles. The van der Waals surface area contributed by atoms with E-state index in [0.29, 0.717) is 11.7 Å². The van der Waals surface area contributed by atoms with Gasteiger partial charge in [-0.3, -0.25) is 4.79 Å². The summed E-state index contributed by atoms with van der Waals surface area (Å²) in [6, 6.07) is 25.2. The Labute approximate surface area is 188 Å². The molecular weight excluding hydrogens is 401 g/mol. The van der Waals surface area contributed by atoms with Crippen LogP contribution in [0.3, 0.4) is 0 Å². The van der Waals surface area contributed by atoms with Gasteiger partial charge in [0.15, 0.2) is 0 Å². The van der Waals surface area contributed by atoms with Crippen molar-refractivity contribution in [2.45, 2.75) is 37.3 Å². The summed E-state index contributed by atoms with van der Waals surface area (Å²) in [6.07, 6.45) is 4.66. The molecule has 2 N–H and O–H groups in total. The minimum Gasteiger partial charge on any atom is -0.371 e. The van der Waals surface area contributed by atoms with Crippen molar-refractivity contribution < 1.29 is 9.18 Å². The Kier molecular flexibility index (Phi) is 5.66. The molecule has 2 fully saturated rings. The van der Waals surface area contributed by atoms with E-state index in [-0.39, 0.29) is 11.1 Å². The third-order valence-corrected chi connectivity index (χ3v) is 6.66.